The number of nitrogens with two attached hydrogens (primary N) is 1. The maximum absolute atomic E-state index is 13.5. The molecule has 1 rings (SSSR count). The number of hydrogen-bond acceptors (Lipinski definition) is 3. The Morgan fingerprint density at radius 1 is 1.40 bits per heavy atom. The van der Waals surface area contributed by atoms with E-state index in [1.807, 2.05) is 6.92 Å². The molecule has 0 heterocycles. The molecule has 0 bridgehead atoms. The topological polar surface area (TPSA) is 84.2 Å². The number of carbonyl (C=O) groups excluding carboxylic acids is 2. The van der Waals surface area contributed by atoms with Gasteiger partial charge in [-0.2, -0.15) is 0 Å². The lowest BCUT2D eigenvalue weighted by Gasteiger charge is -2.14. The van der Waals surface area contributed by atoms with Gasteiger partial charge in [0, 0.05) is 23.4 Å². The SMILES string of the molecule is CCCNC(=O)C(C)NC(=O)c1cc(N)c(C)c(F)c1. The summed E-state index contributed by atoms with van der Waals surface area (Å²) in [5.41, 5.74) is 6.22. The van der Waals surface area contributed by atoms with E-state index in [2.05, 4.69) is 10.6 Å². The lowest BCUT2D eigenvalue weighted by molar-refractivity contribution is -0.122. The second-order valence-corrected chi connectivity index (χ2v) is 4.66. The fourth-order valence-corrected chi connectivity index (χ4v) is 1.58. The minimum absolute atomic E-state index is 0.0979. The molecule has 1 aromatic rings. The minimum Gasteiger partial charge on any atom is -0.398 e. The van der Waals surface area contributed by atoms with Crippen molar-refractivity contribution in [1.29, 1.82) is 0 Å². The van der Waals surface area contributed by atoms with Crippen LogP contribution in [-0.2, 0) is 4.79 Å². The zero-order valence-corrected chi connectivity index (χ0v) is 11.9. The van der Waals surface area contributed by atoms with Crippen molar-refractivity contribution >= 4 is 17.5 Å². The van der Waals surface area contributed by atoms with Gasteiger partial charge < -0.3 is 16.4 Å². The maximum atomic E-state index is 13.5. The molecule has 110 valence electrons. The first-order valence-corrected chi connectivity index (χ1v) is 6.51. The third-order valence-corrected chi connectivity index (χ3v) is 2.94. The van der Waals surface area contributed by atoms with Crippen LogP contribution in [0.2, 0.25) is 0 Å². The smallest absolute Gasteiger partial charge is 0.252 e. The molecule has 0 aliphatic rings. The van der Waals surface area contributed by atoms with Gasteiger partial charge in [-0.1, -0.05) is 6.92 Å². The Morgan fingerprint density at radius 3 is 2.60 bits per heavy atom. The third-order valence-electron chi connectivity index (χ3n) is 2.94. The van der Waals surface area contributed by atoms with Gasteiger partial charge in [-0.3, -0.25) is 9.59 Å². The second-order valence-electron chi connectivity index (χ2n) is 4.66. The summed E-state index contributed by atoms with van der Waals surface area (Å²) >= 11 is 0. The van der Waals surface area contributed by atoms with E-state index in [0.717, 1.165) is 12.5 Å². The summed E-state index contributed by atoms with van der Waals surface area (Å²) in [5.74, 6) is -1.35. The first-order chi connectivity index (χ1) is 9.36. The van der Waals surface area contributed by atoms with Crippen LogP contribution in [0.1, 0.15) is 36.2 Å². The van der Waals surface area contributed by atoms with E-state index in [9.17, 15) is 14.0 Å². The first-order valence-electron chi connectivity index (χ1n) is 6.51. The highest BCUT2D eigenvalue weighted by molar-refractivity contribution is 5.98. The molecule has 2 amide bonds. The normalized spacial score (nSPS) is 11.8. The standard InChI is InChI=1S/C14H20FN3O2/c1-4-5-17-13(19)9(3)18-14(20)10-6-11(15)8(2)12(16)7-10/h6-7,9H,4-5,16H2,1-3H3,(H,17,19)(H,18,20). The number of nitrogen functional groups attached to an aromatic ring is 1. The molecule has 0 radical (unpaired) electrons. The fourth-order valence-electron chi connectivity index (χ4n) is 1.58. The first kappa shape index (κ1) is 15.9. The van der Waals surface area contributed by atoms with Crippen molar-refractivity contribution < 1.29 is 14.0 Å². The van der Waals surface area contributed by atoms with Crippen molar-refractivity contribution in [2.45, 2.75) is 33.2 Å². The molecule has 4 N–H and O–H groups in total. The van der Waals surface area contributed by atoms with Crippen molar-refractivity contribution in [2.75, 3.05) is 12.3 Å². The molecule has 0 aromatic heterocycles. The summed E-state index contributed by atoms with van der Waals surface area (Å²) in [6, 6.07) is 1.81. The predicted molar refractivity (Wildman–Crippen MR) is 75.8 cm³/mol. The molecule has 0 aliphatic heterocycles. The highest BCUT2D eigenvalue weighted by atomic mass is 19.1. The van der Waals surface area contributed by atoms with Gasteiger partial charge in [-0.15, -0.1) is 0 Å². The molecule has 1 unspecified atom stereocenters. The Hall–Kier alpha value is -2.11. The number of nitrogens with one attached hydrogen (secondary N) is 2. The van der Waals surface area contributed by atoms with Crippen LogP contribution in [0.25, 0.3) is 0 Å². The number of benzene rings is 1. The molecule has 0 fully saturated rings. The van der Waals surface area contributed by atoms with Crippen LogP contribution in [0.3, 0.4) is 0 Å². The van der Waals surface area contributed by atoms with Gasteiger partial charge in [-0.05, 0) is 32.4 Å². The average Bonchev–Trinajstić information content (AvgIpc) is 2.41. The second kappa shape index (κ2) is 6.88. The van der Waals surface area contributed by atoms with Crippen LogP contribution in [0.4, 0.5) is 10.1 Å². The Bertz CT molecular complexity index is 494. The van der Waals surface area contributed by atoms with E-state index in [1.165, 1.54) is 13.0 Å². The van der Waals surface area contributed by atoms with Gasteiger partial charge in [0.15, 0.2) is 0 Å². The van der Waals surface area contributed by atoms with E-state index < -0.39 is 17.8 Å². The van der Waals surface area contributed by atoms with Gasteiger partial charge in [0.2, 0.25) is 5.91 Å². The Morgan fingerprint density at radius 2 is 2.05 bits per heavy atom. The van der Waals surface area contributed by atoms with Gasteiger partial charge in [0.1, 0.15) is 11.9 Å². The van der Waals surface area contributed by atoms with Crippen LogP contribution in [0.15, 0.2) is 12.1 Å². The maximum Gasteiger partial charge on any atom is 0.252 e. The summed E-state index contributed by atoms with van der Waals surface area (Å²) in [4.78, 5) is 23.6. The summed E-state index contributed by atoms with van der Waals surface area (Å²) in [5, 5.41) is 5.17. The number of halogens is 1. The van der Waals surface area contributed by atoms with Crippen molar-refractivity contribution in [1.82, 2.24) is 10.6 Å². The van der Waals surface area contributed by atoms with Crippen LogP contribution in [0.5, 0.6) is 0 Å². The molecule has 5 nitrogen and oxygen atoms in total. The number of carbonyl (C=O) groups is 2. The summed E-state index contributed by atoms with van der Waals surface area (Å²) in [6.07, 6.45) is 0.812. The van der Waals surface area contributed by atoms with Gasteiger partial charge in [0.25, 0.3) is 5.91 Å². The van der Waals surface area contributed by atoms with Gasteiger partial charge >= 0.3 is 0 Å². The zero-order chi connectivity index (χ0) is 15.3. The van der Waals surface area contributed by atoms with E-state index in [-0.39, 0.29) is 17.2 Å². The summed E-state index contributed by atoms with van der Waals surface area (Å²) in [6.45, 7) is 5.58. The largest absolute Gasteiger partial charge is 0.398 e. The molecular formula is C14H20FN3O2. The lowest BCUT2D eigenvalue weighted by atomic mass is 10.1. The quantitative estimate of drug-likeness (QED) is 0.712. The molecule has 1 aromatic carbocycles. The summed E-state index contributed by atoms with van der Waals surface area (Å²) < 4.78 is 13.5. The monoisotopic (exact) mass is 281 g/mol. The van der Waals surface area contributed by atoms with Crippen molar-refractivity contribution in [3.8, 4) is 0 Å². The van der Waals surface area contributed by atoms with E-state index in [0.29, 0.717) is 12.1 Å². The molecule has 0 aliphatic carbocycles. The van der Waals surface area contributed by atoms with Crippen molar-refractivity contribution in [2.24, 2.45) is 0 Å². The molecule has 1 atom stereocenters. The molecule has 0 saturated heterocycles. The van der Waals surface area contributed by atoms with Gasteiger partial charge in [-0.25, -0.2) is 4.39 Å². The molecule has 20 heavy (non-hydrogen) atoms. The molecular weight excluding hydrogens is 261 g/mol. The van der Waals surface area contributed by atoms with Crippen molar-refractivity contribution in [3.63, 3.8) is 0 Å². The molecule has 0 saturated carbocycles. The zero-order valence-electron chi connectivity index (χ0n) is 11.9. The Kier molecular flexibility index (Phi) is 5.49. The highest BCUT2D eigenvalue weighted by Crippen LogP contribution is 2.17. The van der Waals surface area contributed by atoms with E-state index in [1.54, 1.807) is 6.92 Å². The third kappa shape index (κ3) is 3.94. The highest BCUT2D eigenvalue weighted by Gasteiger charge is 2.17. The Balaban J connectivity index is 2.74. The van der Waals surface area contributed by atoms with Crippen LogP contribution in [0, 0.1) is 12.7 Å². The summed E-state index contributed by atoms with van der Waals surface area (Å²) in [7, 11) is 0. The number of amides is 2. The van der Waals surface area contributed by atoms with Crippen molar-refractivity contribution in [3.05, 3.63) is 29.1 Å². The van der Waals surface area contributed by atoms with E-state index in [4.69, 9.17) is 5.73 Å². The number of hydrogen-bond donors (Lipinski definition) is 3. The van der Waals surface area contributed by atoms with Gasteiger partial charge in [0.05, 0.1) is 0 Å². The van der Waals surface area contributed by atoms with E-state index >= 15 is 0 Å². The van der Waals surface area contributed by atoms with Crippen LogP contribution >= 0.6 is 0 Å². The average molecular weight is 281 g/mol. The lowest BCUT2D eigenvalue weighted by Crippen LogP contribution is -2.45. The number of rotatable bonds is 5. The fraction of sp³-hybridized carbons (Fsp3) is 0.429. The Labute approximate surface area is 117 Å². The minimum atomic E-state index is -0.695. The van der Waals surface area contributed by atoms with Crippen LogP contribution in [-0.4, -0.2) is 24.4 Å². The number of anilines is 1. The molecule has 6 heteroatoms. The molecule has 0 spiro atoms. The van der Waals surface area contributed by atoms with Crippen LogP contribution < -0.4 is 16.4 Å². The predicted octanol–water partition coefficient (Wildman–Crippen LogP) is 1.36.